The highest BCUT2D eigenvalue weighted by atomic mass is 16.5. The second-order valence-corrected chi connectivity index (χ2v) is 6.95. The Morgan fingerprint density at radius 1 is 1.12 bits per heavy atom. The summed E-state index contributed by atoms with van der Waals surface area (Å²) in [5, 5.41) is 21.3. The van der Waals surface area contributed by atoms with Gasteiger partial charge in [0.2, 0.25) is 0 Å². The molecule has 0 atom stereocenters. The maximum absolute atomic E-state index is 12.3. The third kappa shape index (κ3) is 4.84. The van der Waals surface area contributed by atoms with E-state index in [0.717, 1.165) is 5.56 Å². The first-order chi connectivity index (χ1) is 11.7. The summed E-state index contributed by atoms with van der Waals surface area (Å²) in [6.45, 7) is 6.66. The molecule has 0 spiro atoms. The van der Waals surface area contributed by atoms with Gasteiger partial charge in [0, 0.05) is 17.7 Å². The van der Waals surface area contributed by atoms with Crippen molar-refractivity contribution in [3.63, 3.8) is 0 Å². The molecule has 0 aliphatic heterocycles. The number of ether oxygens (including phenoxy) is 1. The largest absolute Gasteiger partial charge is 0.496 e. The van der Waals surface area contributed by atoms with E-state index < -0.39 is 7.12 Å². The molecule has 0 aromatic heterocycles. The van der Waals surface area contributed by atoms with Gasteiger partial charge in [-0.1, -0.05) is 45.0 Å². The molecule has 2 aromatic carbocycles. The maximum Gasteiger partial charge on any atom is 0.488 e. The molecule has 0 bridgehead atoms. The Bertz CT molecular complexity index is 736. The molecule has 6 heteroatoms. The number of hydrogen-bond acceptors (Lipinski definition) is 4. The molecule has 0 radical (unpaired) electrons. The van der Waals surface area contributed by atoms with Gasteiger partial charge in [0.1, 0.15) is 5.75 Å². The zero-order valence-corrected chi connectivity index (χ0v) is 15.0. The molecule has 0 saturated heterocycles. The topological polar surface area (TPSA) is 78.8 Å². The number of carbonyl (C=O) groups is 1. The predicted octanol–water partition coefficient (Wildman–Crippen LogP) is 1.60. The van der Waals surface area contributed by atoms with Crippen LogP contribution >= 0.6 is 0 Å². The predicted molar refractivity (Wildman–Crippen MR) is 99.1 cm³/mol. The highest BCUT2D eigenvalue weighted by Gasteiger charge is 2.16. The minimum atomic E-state index is -1.56. The average molecular weight is 341 g/mol. The molecule has 0 aliphatic rings. The number of hydrogen-bond donors (Lipinski definition) is 3. The number of methoxy groups -OCH3 is 1. The summed E-state index contributed by atoms with van der Waals surface area (Å²) in [5.41, 5.74) is 2.90. The molecular formula is C19H24BNO4. The fraction of sp³-hybridized carbons (Fsp3) is 0.316. The van der Waals surface area contributed by atoms with Crippen molar-refractivity contribution < 1.29 is 19.6 Å². The van der Waals surface area contributed by atoms with E-state index in [-0.39, 0.29) is 17.9 Å². The third-order valence-corrected chi connectivity index (χ3v) is 4.06. The normalized spacial score (nSPS) is 11.1. The SMILES string of the molecule is COc1cc(B(O)O)ccc1CNC(=O)c1ccc(C(C)(C)C)cc1. The Kier molecular flexibility index (Phi) is 5.87. The summed E-state index contributed by atoms with van der Waals surface area (Å²) < 4.78 is 5.25. The van der Waals surface area contributed by atoms with E-state index in [1.165, 1.54) is 12.7 Å². The van der Waals surface area contributed by atoms with E-state index in [2.05, 4.69) is 26.1 Å². The van der Waals surface area contributed by atoms with Gasteiger partial charge in [-0.15, -0.1) is 0 Å². The number of nitrogens with one attached hydrogen (secondary N) is 1. The highest BCUT2D eigenvalue weighted by Crippen LogP contribution is 2.22. The lowest BCUT2D eigenvalue weighted by molar-refractivity contribution is 0.0950. The van der Waals surface area contributed by atoms with Crippen LogP contribution in [0, 0.1) is 0 Å². The van der Waals surface area contributed by atoms with Crippen molar-refractivity contribution >= 4 is 18.5 Å². The van der Waals surface area contributed by atoms with E-state index >= 15 is 0 Å². The fourth-order valence-electron chi connectivity index (χ4n) is 2.47. The van der Waals surface area contributed by atoms with Gasteiger partial charge in [-0.05, 0) is 34.6 Å². The highest BCUT2D eigenvalue weighted by molar-refractivity contribution is 6.58. The van der Waals surface area contributed by atoms with Gasteiger partial charge in [0.25, 0.3) is 5.91 Å². The summed E-state index contributed by atoms with van der Waals surface area (Å²) in [4.78, 5) is 12.3. The zero-order valence-electron chi connectivity index (χ0n) is 15.0. The molecular weight excluding hydrogens is 317 g/mol. The first-order valence-electron chi connectivity index (χ1n) is 8.14. The molecule has 5 nitrogen and oxygen atoms in total. The molecule has 0 heterocycles. The van der Waals surface area contributed by atoms with Crippen LogP contribution in [0.25, 0.3) is 0 Å². The molecule has 0 fully saturated rings. The molecule has 132 valence electrons. The van der Waals surface area contributed by atoms with E-state index in [1.54, 1.807) is 18.2 Å². The van der Waals surface area contributed by atoms with Crippen LogP contribution < -0.4 is 15.5 Å². The third-order valence-electron chi connectivity index (χ3n) is 4.06. The van der Waals surface area contributed by atoms with Crippen LogP contribution in [0.5, 0.6) is 5.75 Å². The van der Waals surface area contributed by atoms with Crippen LogP contribution in [0.1, 0.15) is 42.3 Å². The number of benzene rings is 2. The fourth-order valence-corrected chi connectivity index (χ4v) is 2.47. The van der Waals surface area contributed by atoms with Crippen LogP contribution in [-0.2, 0) is 12.0 Å². The van der Waals surface area contributed by atoms with Crippen molar-refractivity contribution in [2.45, 2.75) is 32.7 Å². The Labute approximate surface area is 148 Å². The van der Waals surface area contributed by atoms with Crippen LogP contribution in [0.15, 0.2) is 42.5 Å². The van der Waals surface area contributed by atoms with E-state index in [4.69, 9.17) is 4.74 Å². The van der Waals surface area contributed by atoms with Crippen LogP contribution in [-0.4, -0.2) is 30.2 Å². The molecule has 0 saturated carbocycles. The van der Waals surface area contributed by atoms with Gasteiger partial charge in [-0.2, -0.15) is 0 Å². The Morgan fingerprint density at radius 3 is 2.28 bits per heavy atom. The molecule has 3 N–H and O–H groups in total. The molecule has 0 unspecified atom stereocenters. The Balaban J connectivity index is 2.07. The lowest BCUT2D eigenvalue weighted by Crippen LogP contribution is -2.30. The molecule has 25 heavy (non-hydrogen) atoms. The van der Waals surface area contributed by atoms with Gasteiger partial charge < -0.3 is 20.1 Å². The van der Waals surface area contributed by atoms with Gasteiger partial charge in [-0.3, -0.25) is 4.79 Å². The first-order valence-corrected chi connectivity index (χ1v) is 8.14. The van der Waals surface area contributed by atoms with Gasteiger partial charge in [-0.25, -0.2) is 0 Å². The van der Waals surface area contributed by atoms with Crippen LogP contribution in [0.4, 0.5) is 0 Å². The minimum absolute atomic E-state index is 0.0430. The van der Waals surface area contributed by atoms with Crippen LogP contribution in [0.3, 0.4) is 0 Å². The second-order valence-electron chi connectivity index (χ2n) is 6.95. The quantitative estimate of drug-likeness (QED) is 0.722. The standard InChI is InChI=1S/C19H24BNO4/c1-19(2,3)15-8-5-13(6-9-15)18(22)21-12-14-7-10-16(20(23)24)11-17(14)25-4/h5-11,23-24H,12H2,1-4H3,(H,21,22). The van der Waals surface area contributed by atoms with Crippen molar-refractivity contribution in [1.82, 2.24) is 5.32 Å². The maximum atomic E-state index is 12.3. The summed E-state index contributed by atoms with van der Waals surface area (Å²) in [6, 6.07) is 12.4. The lowest BCUT2D eigenvalue weighted by Gasteiger charge is -2.19. The summed E-state index contributed by atoms with van der Waals surface area (Å²) >= 11 is 0. The van der Waals surface area contributed by atoms with Gasteiger partial charge in [0.15, 0.2) is 0 Å². The molecule has 0 aliphatic carbocycles. The lowest BCUT2D eigenvalue weighted by atomic mass is 9.80. The van der Waals surface area contributed by atoms with Crippen molar-refractivity contribution in [3.8, 4) is 5.75 Å². The Morgan fingerprint density at radius 2 is 1.76 bits per heavy atom. The second kappa shape index (κ2) is 7.72. The summed E-state index contributed by atoms with van der Waals surface area (Å²) in [7, 11) is -0.0572. The van der Waals surface area contributed by atoms with Gasteiger partial charge >= 0.3 is 7.12 Å². The van der Waals surface area contributed by atoms with Crippen molar-refractivity contribution in [2.75, 3.05) is 7.11 Å². The van der Waals surface area contributed by atoms with Crippen LogP contribution in [0.2, 0.25) is 0 Å². The first kappa shape index (κ1) is 19.0. The summed E-state index contributed by atoms with van der Waals surface area (Å²) in [5.74, 6) is 0.322. The number of carbonyl (C=O) groups excluding carboxylic acids is 1. The summed E-state index contributed by atoms with van der Waals surface area (Å²) in [6.07, 6.45) is 0. The Hall–Kier alpha value is -2.31. The minimum Gasteiger partial charge on any atom is -0.496 e. The zero-order chi connectivity index (χ0) is 18.6. The monoisotopic (exact) mass is 341 g/mol. The molecule has 2 rings (SSSR count). The number of amides is 1. The van der Waals surface area contributed by atoms with Gasteiger partial charge in [0.05, 0.1) is 7.11 Å². The van der Waals surface area contributed by atoms with E-state index in [1.807, 2.05) is 24.3 Å². The number of rotatable bonds is 5. The van der Waals surface area contributed by atoms with E-state index in [9.17, 15) is 14.8 Å². The van der Waals surface area contributed by atoms with Crippen molar-refractivity contribution in [1.29, 1.82) is 0 Å². The van der Waals surface area contributed by atoms with Crippen molar-refractivity contribution in [3.05, 3.63) is 59.2 Å². The molecule has 2 aromatic rings. The average Bonchev–Trinajstić information content (AvgIpc) is 2.58. The van der Waals surface area contributed by atoms with Crippen molar-refractivity contribution in [2.24, 2.45) is 0 Å². The van der Waals surface area contributed by atoms with E-state index in [0.29, 0.717) is 16.8 Å². The smallest absolute Gasteiger partial charge is 0.488 e. The molecule has 1 amide bonds.